The highest BCUT2D eigenvalue weighted by atomic mass is 16.3. The van der Waals surface area contributed by atoms with E-state index in [1.54, 1.807) is 12.3 Å². The number of anilines is 1. The highest BCUT2D eigenvalue weighted by molar-refractivity contribution is 5.81. The molecule has 0 atom stereocenters. The smallest absolute Gasteiger partial charge is 0.134 e. The second-order valence-corrected chi connectivity index (χ2v) is 4.61. The summed E-state index contributed by atoms with van der Waals surface area (Å²) in [5.41, 5.74) is 3.88. The lowest BCUT2D eigenvalue weighted by atomic mass is 10.1. The van der Waals surface area contributed by atoms with Crippen LogP contribution in [0.4, 0.5) is 5.69 Å². The van der Waals surface area contributed by atoms with Crippen molar-refractivity contribution in [2.75, 3.05) is 5.32 Å². The molecule has 3 aromatic rings. The molecule has 0 fully saturated rings. The molecule has 0 aliphatic carbocycles. The van der Waals surface area contributed by atoms with Gasteiger partial charge in [0.2, 0.25) is 0 Å². The van der Waals surface area contributed by atoms with E-state index in [9.17, 15) is 5.11 Å². The first-order valence-electron chi connectivity index (χ1n) is 6.22. The van der Waals surface area contributed by atoms with E-state index in [0.29, 0.717) is 12.3 Å². The Morgan fingerprint density at radius 2 is 2.00 bits per heavy atom. The number of benzene rings is 2. The van der Waals surface area contributed by atoms with Gasteiger partial charge in [-0.2, -0.15) is 0 Å². The van der Waals surface area contributed by atoms with E-state index in [2.05, 4.69) is 11.4 Å². The largest absolute Gasteiger partial charge is 0.508 e. The number of nitrogens with one attached hydrogen (secondary N) is 1. The Hall–Kier alpha value is -2.42. The summed E-state index contributed by atoms with van der Waals surface area (Å²) in [6, 6.07) is 13.5. The minimum Gasteiger partial charge on any atom is -0.508 e. The van der Waals surface area contributed by atoms with Crippen LogP contribution in [0.25, 0.3) is 11.0 Å². The maximum absolute atomic E-state index is 9.49. The molecule has 0 saturated heterocycles. The van der Waals surface area contributed by atoms with Crippen molar-refractivity contribution in [2.24, 2.45) is 0 Å². The van der Waals surface area contributed by atoms with E-state index < -0.39 is 0 Å². The second-order valence-electron chi connectivity index (χ2n) is 4.61. The van der Waals surface area contributed by atoms with Gasteiger partial charge in [0.15, 0.2) is 0 Å². The first kappa shape index (κ1) is 11.7. The molecule has 2 N–H and O–H groups in total. The van der Waals surface area contributed by atoms with Gasteiger partial charge in [-0.3, -0.25) is 0 Å². The molecule has 96 valence electrons. The lowest BCUT2D eigenvalue weighted by molar-refractivity contribution is 0.471. The van der Waals surface area contributed by atoms with Crippen LogP contribution in [0.1, 0.15) is 11.1 Å². The number of furan rings is 1. The minimum atomic E-state index is 0.319. The number of para-hydroxylation sites is 1. The molecular formula is C16H15NO2. The third-order valence-electron chi connectivity index (χ3n) is 3.24. The average molecular weight is 253 g/mol. The molecular weight excluding hydrogens is 238 g/mol. The van der Waals surface area contributed by atoms with Gasteiger partial charge in [-0.15, -0.1) is 0 Å². The number of rotatable bonds is 3. The summed E-state index contributed by atoms with van der Waals surface area (Å²) in [6.45, 7) is 2.58. The number of hydrogen-bond donors (Lipinski definition) is 2. The predicted molar refractivity (Wildman–Crippen MR) is 76.4 cm³/mol. The quantitative estimate of drug-likeness (QED) is 0.692. The molecule has 3 rings (SSSR count). The van der Waals surface area contributed by atoms with Crippen molar-refractivity contribution < 1.29 is 9.52 Å². The number of aromatic hydroxyl groups is 1. The third kappa shape index (κ3) is 2.27. The van der Waals surface area contributed by atoms with Crippen molar-refractivity contribution in [3.8, 4) is 5.75 Å². The number of phenolic OH excluding ortho intramolecular Hbond substituents is 1. The fourth-order valence-corrected chi connectivity index (χ4v) is 2.13. The summed E-state index contributed by atoms with van der Waals surface area (Å²) in [7, 11) is 0. The second kappa shape index (κ2) is 4.69. The van der Waals surface area contributed by atoms with Crippen molar-refractivity contribution in [3.63, 3.8) is 0 Å². The summed E-state index contributed by atoms with van der Waals surface area (Å²) in [6.07, 6.45) is 1.78. The van der Waals surface area contributed by atoms with Crippen molar-refractivity contribution >= 4 is 16.7 Å². The van der Waals surface area contributed by atoms with E-state index in [1.165, 1.54) is 0 Å². The predicted octanol–water partition coefficient (Wildman–Crippen LogP) is 4.06. The molecule has 3 nitrogen and oxygen atoms in total. The maximum atomic E-state index is 9.49. The molecule has 2 aromatic carbocycles. The van der Waals surface area contributed by atoms with Crippen LogP contribution in [-0.2, 0) is 6.54 Å². The van der Waals surface area contributed by atoms with Crippen molar-refractivity contribution in [2.45, 2.75) is 13.5 Å². The van der Waals surface area contributed by atoms with Crippen molar-refractivity contribution in [3.05, 3.63) is 59.9 Å². The van der Waals surface area contributed by atoms with Gasteiger partial charge >= 0.3 is 0 Å². The van der Waals surface area contributed by atoms with Gasteiger partial charge in [-0.1, -0.05) is 18.2 Å². The third-order valence-corrected chi connectivity index (χ3v) is 3.24. The van der Waals surface area contributed by atoms with Gasteiger partial charge in [-0.05, 0) is 36.8 Å². The Labute approximate surface area is 111 Å². The molecule has 1 heterocycles. The lowest BCUT2D eigenvalue weighted by Gasteiger charge is -2.07. The molecule has 1 aromatic heterocycles. The summed E-state index contributed by atoms with van der Waals surface area (Å²) >= 11 is 0. The monoisotopic (exact) mass is 253 g/mol. The topological polar surface area (TPSA) is 45.4 Å². The molecule has 0 aliphatic heterocycles. The Bertz CT molecular complexity index is 716. The van der Waals surface area contributed by atoms with E-state index in [1.807, 2.05) is 37.3 Å². The highest BCUT2D eigenvalue weighted by Crippen LogP contribution is 2.23. The molecule has 0 bridgehead atoms. The number of aryl methyl sites for hydroxylation is 1. The highest BCUT2D eigenvalue weighted by Gasteiger charge is 2.05. The zero-order valence-electron chi connectivity index (χ0n) is 10.7. The van der Waals surface area contributed by atoms with Crippen LogP contribution in [0.2, 0.25) is 0 Å². The van der Waals surface area contributed by atoms with Crippen molar-refractivity contribution in [1.82, 2.24) is 0 Å². The first-order valence-corrected chi connectivity index (χ1v) is 6.22. The number of hydrogen-bond acceptors (Lipinski definition) is 3. The molecule has 3 heteroatoms. The van der Waals surface area contributed by atoms with E-state index >= 15 is 0 Å². The van der Waals surface area contributed by atoms with E-state index in [4.69, 9.17) is 4.42 Å². The molecule has 0 amide bonds. The standard InChI is InChI=1S/C16H15NO2/c1-11-8-13(6-7-15(11)18)17-9-12-10-19-16-5-3-2-4-14(12)16/h2-8,10,17-18H,9H2,1H3. The molecule has 0 aliphatic rings. The van der Waals surface area contributed by atoms with Crippen LogP contribution in [0, 0.1) is 6.92 Å². The summed E-state index contributed by atoms with van der Waals surface area (Å²) in [4.78, 5) is 0. The first-order chi connectivity index (χ1) is 9.24. The van der Waals surface area contributed by atoms with Gasteiger partial charge in [0.05, 0.1) is 6.26 Å². The molecule has 0 saturated carbocycles. The molecule has 0 radical (unpaired) electrons. The maximum Gasteiger partial charge on any atom is 0.134 e. The van der Waals surface area contributed by atoms with Crippen LogP contribution in [-0.4, -0.2) is 5.11 Å². The lowest BCUT2D eigenvalue weighted by Crippen LogP contribution is -1.98. The van der Waals surface area contributed by atoms with E-state index in [0.717, 1.165) is 27.8 Å². The Morgan fingerprint density at radius 3 is 2.84 bits per heavy atom. The Morgan fingerprint density at radius 1 is 1.16 bits per heavy atom. The van der Waals surface area contributed by atoms with Gasteiger partial charge in [0.1, 0.15) is 11.3 Å². The molecule has 0 unspecified atom stereocenters. The van der Waals surface area contributed by atoms with Gasteiger partial charge < -0.3 is 14.8 Å². The van der Waals surface area contributed by atoms with Gasteiger partial charge in [0.25, 0.3) is 0 Å². The Balaban J connectivity index is 1.80. The number of fused-ring (bicyclic) bond motifs is 1. The zero-order chi connectivity index (χ0) is 13.2. The van der Waals surface area contributed by atoms with Crippen LogP contribution in [0.5, 0.6) is 5.75 Å². The molecule has 19 heavy (non-hydrogen) atoms. The van der Waals surface area contributed by atoms with Crippen LogP contribution >= 0.6 is 0 Å². The normalized spacial score (nSPS) is 10.8. The SMILES string of the molecule is Cc1cc(NCc2coc3ccccc23)ccc1O. The average Bonchev–Trinajstić information content (AvgIpc) is 2.83. The van der Waals surface area contributed by atoms with Gasteiger partial charge in [0, 0.05) is 23.2 Å². The van der Waals surface area contributed by atoms with Crippen molar-refractivity contribution in [1.29, 1.82) is 0 Å². The van der Waals surface area contributed by atoms with Gasteiger partial charge in [-0.25, -0.2) is 0 Å². The summed E-state index contributed by atoms with van der Waals surface area (Å²) in [5, 5.41) is 14.0. The zero-order valence-corrected chi connectivity index (χ0v) is 10.7. The van der Waals surface area contributed by atoms with E-state index in [-0.39, 0.29) is 0 Å². The fourth-order valence-electron chi connectivity index (χ4n) is 2.13. The fraction of sp³-hybridized carbons (Fsp3) is 0.125. The van der Waals surface area contributed by atoms with Crippen LogP contribution in [0.3, 0.4) is 0 Å². The molecule has 0 spiro atoms. The van der Waals surface area contributed by atoms with Crippen LogP contribution in [0.15, 0.2) is 53.1 Å². The summed E-state index contributed by atoms with van der Waals surface area (Å²) in [5.74, 6) is 0.319. The summed E-state index contributed by atoms with van der Waals surface area (Å²) < 4.78 is 5.50. The van der Waals surface area contributed by atoms with Crippen LogP contribution < -0.4 is 5.32 Å². The Kier molecular flexibility index (Phi) is 2.88. The minimum absolute atomic E-state index is 0.319. The number of phenols is 1.